The van der Waals surface area contributed by atoms with Crippen LogP contribution < -0.4 is 14.8 Å². The number of carbonyl (C=O) groups excluding carboxylic acids is 1. The van der Waals surface area contributed by atoms with Gasteiger partial charge in [-0.25, -0.2) is 0 Å². The van der Waals surface area contributed by atoms with Gasteiger partial charge in [0, 0.05) is 18.0 Å². The molecule has 0 aliphatic carbocycles. The first kappa shape index (κ1) is 16.9. The smallest absolute Gasteiger partial charge is 0.258 e. The van der Waals surface area contributed by atoms with Crippen LogP contribution in [0.5, 0.6) is 11.5 Å². The second-order valence-electron chi connectivity index (χ2n) is 5.39. The molecule has 1 amide bonds. The lowest BCUT2D eigenvalue weighted by Gasteiger charge is -2.15. The first-order valence-electron chi connectivity index (χ1n) is 7.41. The molecule has 124 valence electrons. The van der Waals surface area contributed by atoms with Gasteiger partial charge < -0.3 is 19.3 Å². The Hall–Kier alpha value is -2.50. The van der Waals surface area contributed by atoms with Crippen LogP contribution in [-0.4, -0.2) is 31.8 Å². The van der Waals surface area contributed by atoms with Crippen molar-refractivity contribution in [2.75, 3.05) is 20.8 Å². The average Bonchev–Trinajstić information content (AvgIpc) is 2.90. The summed E-state index contributed by atoms with van der Waals surface area (Å²) in [5, 5.41) is 6.87. The fourth-order valence-corrected chi connectivity index (χ4v) is 2.70. The highest BCUT2D eigenvalue weighted by Crippen LogP contribution is 2.28. The van der Waals surface area contributed by atoms with Crippen LogP contribution in [0.15, 0.2) is 22.7 Å². The zero-order chi connectivity index (χ0) is 17.0. The molecule has 1 atom stereocenters. The summed E-state index contributed by atoms with van der Waals surface area (Å²) in [6.45, 7) is 6.25. The SMILES string of the molecule is COc1cccc(OC)c1C(=O)NC[C@@H](C)c1c(C)noc1C. The Bertz CT molecular complexity index is 652. The number of hydrogen-bond donors (Lipinski definition) is 1. The minimum Gasteiger partial charge on any atom is -0.496 e. The number of aryl methyl sites for hydroxylation is 2. The number of nitrogens with one attached hydrogen (secondary N) is 1. The predicted octanol–water partition coefficient (Wildman–Crippen LogP) is 2.84. The van der Waals surface area contributed by atoms with Gasteiger partial charge in [0.2, 0.25) is 0 Å². The summed E-state index contributed by atoms with van der Waals surface area (Å²) < 4.78 is 15.7. The molecule has 1 aromatic heterocycles. The summed E-state index contributed by atoms with van der Waals surface area (Å²) in [6, 6.07) is 5.24. The van der Waals surface area contributed by atoms with Gasteiger partial charge in [-0.05, 0) is 26.0 Å². The largest absolute Gasteiger partial charge is 0.496 e. The number of hydrogen-bond acceptors (Lipinski definition) is 5. The third kappa shape index (κ3) is 3.47. The minimum atomic E-state index is -0.238. The van der Waals surface area contributed by atoms with Gasteiger partial charge in [-0.2, -0.15) is 0 Å². The molecule has 0 saturated carbocycles. The monoisotopic (exact) mass is 318 g/mol. The molecule has 0 fully saturated rings. The molecule has 0 unspecified atom stereocenters. The lowest BCUT2D eigenvalue weighted by Crippen LogP contribution is -2.28. The molecule has 6 nitrogen and oxygen atoms in total. The zero-order valence-electron chi connectivity index (χ0n) is 14.1. The molecule has 0 aliphatic rings. The summed E-state index contributed by atoms with van der Waals surface area (Å²) >= 11 is 0. The summed E-state index contributed by atoms with van der Waals surface area (Å²) in [6.07, 6.45) is 0. The van der Waals surface area contributed by atoms with Gasteiger partial charge in [-0.15, -0.1) is 0 Å². The molecule has 1 N–H and O–H groups in total. The summed E-state index contributed by atoms with van der Waals surface area (Å²) in [5.74, 6) is 1.58. The topological polar surface area (TPSA) is 73.6 Å². The van der Waals surface area contributed by atoms with Crippen LogP contribution >= 0.6 is 0 Å². The number of aromatic nitrogens is 1. The van der Waals surface area contributed by atoms with Gasteiger partial charge in [0.1, 0.15) is 22.8 Å². The van der Waals surface area contributed by atoms with E-state index in [1.54, 1.807) is 18.2 Å². The van der Waals surface area contributed by atoms with Crippen molar-refractivity contribution in [1.82, 2.24) is 10.5 Å². The van der Waals surface area contributed by atoms with E-state index in [1.165, 1.54) is 14.2 Å². The van der Waals surface area contributed by atoms with Crippen LogP contribution in [0.2, 0.25) is 0 Å². The maximum atomic E-state index is 12.5. The molecule has 23 heavy (non-hydrogen) atoms. The average molecular weight is 318 g/mol. The molecule has 6 heteroatoms. The van der Waals surface area contributed by atoms with Crippen LogP contribution in [0.3, 0.4) is 0 Å². The summed E-state index contributed by atoms with van der Waals surface area (Å²) in [5.41, 5.74) is 2.26. The van der Waals surface area contributed by atoms with E-state index < -0.39 is 0 Å². The van der Waals surface area contributed by atoms with Crippen molar-refractivity contribution in [3.63, 3.8) is 0 Å². The quantitative estimate of drug-likeness (QED) is 0.886. The van der Waals surface area contributed by atoms with Crippen LogP contribution in [0.4, 0.5) is 0 Å². The molecule has 0 saturated heterocycles. The van der Waals surface area contributed by atoms with Crippen LogP contribution in [0.25, 0.3) is 0 Å². The Morgan fingerprint density at radius 3 is 2.35 bits per heavy atom. The fourth-order valence-electron chi connectivity index (χ4n) is 2.70. The number of amides is 1. The molecule has 2 rings (SSSR count). The van der Waals surface area contributed by atoms with Crippen molar-refractivity contribution in [2.45, 2.75) is 26.7 Å². The van der Waals surface area contributed by atoms with Gasteiger partial charge in [0.25, 0.3) is 5.91 Å². The number of carbonyl (C=O) groups is 1. The van der Waals surface area contributed by atoms with Crippen molar-refractivity contribution >= 4 is 5.91 Å². The maximum Gasteiger partial charge on any atom is 0.258 e. The molecule has 0 aliphatic heterocycles. The molecule has 0 radical (unpaired) electrons. The Morgan fingerprint density at radius 2 is 1.87 bits per heavy atom. The second-order valence-corrected chi connectivity index (χ2v) is 5.39. The van der Waals surface area contributed by atoms with E-state index in [0.29, 0.717) is 23.6 Å². The lowest BCUT2D eigenvalue weighted by atomic mass is 9.99. The Labute approximate surface area is 135 Å². The van der Waals surface area contributed by atoms with Crippen molar-refractivity contribution in [1.29, 1.82) is 0 Å². The molecule has 1 aromatic carbocycles. The Balaban J connectivity index is 2.14. The van der Waals surface area contributed by atoms with E-state index in [2.05, 4.69) is 10.5 Å². The molecular formula is C17H22N2O4. The van der Waals surface area contributed by atoms with Crippen molar-refractivity contribution in [3.8, 4) is 11.5 Å². The third-order valence-electron chi connectivity index (χ3n) is 3.81. The molecule has 0 spiro atoms. The van der Waals surface area contributed by atoms with Crippen LogP contribution in [0.1, 0.15) is 40.2 Å². The second kappa shape index (κ2) is 7.17. The Morgan fingerprint density at radius 1 is 1.26 bits per heavy atom. The molecule has 2 aromatic rings. The highest BCUT2D eigenvalue weighted by atomic mass is 16.5. The highest BCUT2D eigenvalue weighted by molar-refractivity contribution is 5.99. The number of ether oxygens (including phenoxy) is 2. The minimum absolute atomic E-state index is 0.0888. The summed E-state index contributed by atoms with van der Waals surface area (Å²) in [7, 11) is 3.05. The molecule has 0 bridgehead atoms. The third-order valence-corrected chi connectivity index (χ3v) is 3.81. The number of methoxy groups -OCH3 is 2. The van der Waals surface area contributed by atoms with Gasteiger partial charge in [0.05, 0.1) is 19.9 Å². The van der Waals surface area contributed by atoms with Gasteiger partial charge in [-0.1, -0.05) is 18.1 Å². The van der Waals surface area contributed by atoms with Crippen LogP contribution in [0, 0.1) is 13.8 Å². The number of rotatable bonds is 6. The number of nitrogens with zero attached hydrogens (tertiary/aromatic N) is 1. The van der Waals surface area contributed by atoms with E-state index in [4.69, 9.17) is 14.0 Å². The normalized spacial score (nSPS) is 11.9. The van der Waals surface area contributed by atoms with Crippen molar-refractivity contribution in [3.05, 3.63) is 40.8 Å². The highest BCUT2D eigenvalue weighted by Gasteiger charge is 2.21. The molecule has 1 heterocycles. The Kier molecular flexibility index (Phi) is 5.26. The summed E-state index contributed by atoms with van der Waals surface area (Å²) in [4.78, 5) is 12.5. The number of benzene rings is 1. The zero-order valence-corrected chi connectivity index (χ0v) is 14.1. The van der Waals surface area contributed by atoms with E-state index in [1.807, 2.05) is 20.8 Å². The predicted molar refractivity (Wildman–Crippen MR) is 86.3 cm³/mol. The van der Waals surface area contributed by atoms with Gasteiger partial charge in [0.15, 0.2) is 0 Å². The standard InChI is InChI=1S/C17H22N2O4/c1-10(15-11(2)19-23-12(15)3)9-18-17(20)16-13(21-4)7-6-8-14(16)22-5/h6-8,10H,9H2,1-5H3,(H,18,20)/t10-/m1/s1. The van der Waals surface area contributed by atoms with E-state index in [9.17, 15) is 4.79 Å². The first-order chi connectivity index (χ1) is 11.0. The lowest BCUT2D eigenvalue weighted by molar-refractivity contribution is 0.0945. The van der Waals surface area contributed by atoms with E-state index >= 15 is 0 Å². The van der Waals surface area contributed by atoms with Crippen molar-refractivity contribution < 1.29 is 18.8 Å². The first-order valence-corrected chi connectivity index (χ1v) is 7.41. The van der Waals surface area contributed by atoms with Gasteiger partial charge >= 0.3 is 0 Å². The van der Waals surface area contributed by atoms with E-state index in [0.717, 1.165) is 17.0 Å². The maximum absolute atomic E-state index is 12.5. The van der Waals surface area contributed by atoms with Crippen molar-refractivity contribution in [2.24, 2.45) is 0 Å². The molecular weight excluding hydrogens is 296 g/mol. The van der Waals surface area contributed by atoms with Crippen LogP contribution in [-0.2, 0) is 0 Å². The van der Waals surface area contributed by atoms with E-state index in [-0.39, 0.29) is 11.8 Å². The fraction of sp³-hybridized carbons (Fsp3) is 0.412. The van der Waals surface area contributed by atoms with Gasteiger partial charge in [-0.3, -0.25) is 4.79 Å².